The fourth-order valence-electron chi connectivity index (χ4n) is 3.84. The summed E-state index contributed by atoms with van der Waals surface area (Å²) in [6.07, 6.45) is 6.51. The third-order valence-electron chi connectivity index (χ3n) is 5.55. The Balaban J connectivity index is 1.71. The van der Waals surface area contributed by atoms with E-state index in [0.29, 0.717) is 18.8 Å². The highest BCUT2D eigenvalue weighted by atomic mass is 16.5. The predicted octanol–water partition coefficient (Wildman–Crippen LogP) is 2.70. The Bertz CT molecular complexity index is 614. The Morgan fingerprint density at radius 2 is 2.04 bits per heavy atom. The Morgan fingerprint density at radius 3 is 2.64 bits per heavy atom. The second-order valence-electron chi connectivity index (χ2n) is 7.40. The van der Waals surface area contributed by atoms with Crippen LogP contribution in [-0.2, 0) is 16.6 Å². The first kappa shape index (κ1) is 18.0. The van der Waals surface area contributed by atoms with E-state index < -0.39 is 0 Å². The van der Waals surface area contributed by atoms with E-state index >= 15 is 0 Å². The number of rotatable bonds is 6. The topological polar surface area (TPSA) is 64.4 Å². The molecule has 25 heavy (non-hydrogen) atoms. The molecule has 0 aromatic carbocycles. The number of hydrogen-bond acceptors (Lipinski definition) is 4. The summed E-state index contributed by atoms with van der Waals surface area (Å²) < 4.78 is 6.87. The first-order valence-corrected chi connectivity index (χ1v) is 9.49. The molecule has 0 spiro atoms. The number of aryl methyl sites for hydroxylation is 2. The van der Waals surface area contributed by atoms with E-state index in [2.05, 4.69) is 5.10 Å². The van der Waals surface area contributed by atoms with Crippen LogP contribution in [0.25, 0.3) is 0 Å². The molecule has 0 N–H and O–H groups in total. The third-order valence-corrected chi connectivity index (χ3v) is 5.55. The Hall–Kier alpha value is -1.85. The van der Waals surface area contributed by atoms with Crippen LogP contribution in [0.1, 0.15) is 61.6 Å². The van der Waals surface area contributed by atoms with Crippen molar-refractivity contribution < 1.29 is 14.3 Å². The second-order valence-corrected chi connectivity index (χ2v) is 7.40. The quantitative estimate of drug-likeness (QED) is 0.742. The van der Waals surface area contributed by atoms with Gasteiger partial charge in [0.2, 0.25) is 0 Å². The number of amides is 1. The fourth-order valence-corrected chi connectivity index (χ4v) is 3.84. The monoisotopic (exact) mass is 347 g/mol. The van der Waals surface area contributed by atoms with Crippen molar-refractivity contribution in [2.45, 2.75) is 58.4 Å². The highest BCUT2D eigenvalue weighted by Crippen LogP contribution is 2.41. The van der Waals surface area contributed by atoms with Gasteiger partial charge in [0.25, 0.3) is 5.91 Å². The van der Waals surface area contributed by atoms with E-state index in [-0.39, 0.29) is 29.8 Å². The van der Waals surface area contributed by atoms with Gasteiger partial charge in [-0.25, -0.2) is 0 Å². The first-order valence-electron chi connectivity index (χ1n) is 9.49. The fraction of sp³-hybridized carbons (Fsp3) is 0.737. The molecule has 2 fully saturated rings. The van der Waals surface area contributed by atoms with Gasteiger partial charge >= 0.3 is 5.97 Å². The van der Waals surface area contributed by atoms with Crippen LogP contribution in [0.3, 0.4) is 0 Å². The largest absolute Gasteiger partial charge is 0.466 e. The van der Waals surface area contributed by atoms with Crippen molar-refractivity contribution in [3.63, 3.8) is 0 Å². The van der Waals surface area contributed by atoms with Gasteiger partial charge in [0.15, 0.2) is 5.69 Å². The smallest absolute Gasteiger partial charge is 0.309 e. The van der Waals surface area contributed by atoms with Crippen LogP contribution in [0.2, 0.25) is 0 Å². The zero-order chi connectivity index (χ0) is 18.0. The molecule has 1 aromatic rings. The van der Waals surface area contributed by atoms with Crippen molar-refractivity contribution in [3.05, 3.63) is 17.5 Å². The zero-order valence-electron chi connectivity index (χ0n) is 15.5. The lowest BCUT2D eigenvalue weighted by atomic mass is 9.93. The number of aromatic nitrogens is 2. The molecule has 6 heteroatoms. The average Bonchev–Trinajstić information content (AvgIpc) is 3.31. The van der Waals surface area contributed by atoms with E-state index in [1.54, 1.807) is 4.68 Å². The van der Waals surface area contributed by atoms with Crippen molar-refractivity contribution in [1.29, 1.82) is 0 Å². The summed E-state index contributed by atoms with van der Waals surface area (Å²) in [4.78, 5) is 27.0. The van der Waals surface area contributed by atoms with Crippen LogP contribution >= 0.6 is 0 Å². The van der Waals surface area contributed by atoms with E-state index in [9.17, 15) is 9.59 Å². The standard InChI is InChI=1S/C19H29N3O3/c1-4-25-19(24)16-11-14(16)12-22(15-8-6-5-7-9-15)18(23)17-10-13(2)21(3)20-17/h10,14-16H,4-9,11-12H2,1-3H3/t14-,16+/m1/s1. The number of nitrogens with zero attached hydrogens (tertiary/aromatic N) is 3. The molecule has 3 rings (SSSR count). The van der Waals surface area contributed by atoms with Crippen molar-refractivity contribution >= 4 is 11.9 Å². The number of carbonyl (C=O) groups is 2. The molecule has 1 heterocycles. The number of esters is 1. The number of ether oxygens (including phenoxy) is 1. The summed E-state index contributed by atoms with van der Waals surface area (Å²) in [5.74, 6) is 0.0846. The van der Waals surface area contributed by atoms with Crippen LogP contribution in [0.5, 0.6) is 0 Å². The molecule has 1 aromatic heterocycles. The Labute approximate surface area is 149 Å². The van der Waals surface area contributed by atoms with Gasteiger partial charge in [-0.1, -0.05) is 19.3 Å². The summed E-state index contributed by atoms with van der Waals surface area (Å²) in [7, 11) is 1.86. The number of hydrogen-bond donors (Lipinski definition) is 0. The van der Waals surface area contributed by atoms with E-state index in [4.69, 9.17) is 4.74 Å². The van der Waals surface area contributed by atoms with Gasteiger partial charge in [0.05, 0.1) is 12.5 Å². The van der Waals surface area contributed by atoms with Crippen LogP contribution in [0.15, 0.2) is 6.07 Å². The van der Waals surface area contributed by atoms with Gasteiger partial charge in [0, 0.05) is 25.3 Å². The summed E-state index contributed by atoms with van der Waals surface area (Å²) in [5, 5.41) is 4.37. The van der Waals surface area contributed by atoms with Crippen molar-refractivity contribution in [3.8, 4) is 0 Å². The molecule has 0 radical (unpaired) electrons. The molecule has 0 bridgehead atoms. The van der Waals surface area contributed by atoms with Gasteiger partial charge in [-0.05, 0) is 45.1 Å². The lowest BCUT2D eigenvalue weighted by Crippen LogP contribution is -2.43. The minimum Gasteiger partial charge on any atom is -0.466 e. The SMILES string of the molecule is CCOC(=O)[C@H]1C[C@@H]1CN(C(=O)c1cc(C)n(C)n1)C1CCCCC1. The van der Waals surface area contributed by atoms with Crippen LogP contribution in [0, 0.1) is 18.8 Å². The van der Waals surface area contributed by atoms with Crippen LogP contribution < -0.4 is 0 Å². The van der Waals surface area contributed by atoms with Gasteiger partial charge < -0.3 is 9.64 Å². The molecule has 1 amide bonds. The van der Waals surface area contributed by atoms with E-state index in [1.807, 2.05) is 31.9 Å². The maximum Gasteiger partial charge on any atom is 0.309 e. The highest BCUT2D eigenvalue weighted by Gasteiger charge is 2.46. The lowest BCUT2D eigenvalue weighted by Gasteiger charge is -2.34. The molecular weight excluding hydrogens is 318 g/mol. The zero-order valence-corrected chi connectivity index (χ0v) is 15.5. The van der Waals surface area contributed by atoms with E-state index in [0.717, 1.165) is 25.0 Å². The Morgan fingerprint density at radius 1 is 1.32 bits per heavy atom. The maximum absolute atomic E-state index is 13.1. The lowest BCUT2D eigenvalue weighted by molar-refractivity contribution is -0.145. The molecular formula is C19H29N3O3. The number of carbonyl (C=O) groups excluding carboxylic acids is 2. The molecule has 138 valence electrons. The molecule has 6 nitrogen and oxygen atoms in total. The summed E-state index contributed by atoms with van der Waals surface area (Å²) in [6, 6.07) is 2.13. The van der Waals surface area contributed by atoms with Crippen LogP contribution in [0.4, 0.5) is 0 Å². The molecule has 0 unspecified atom stereocenters. The highest BCUT2D eigenvalue weighted by molar-refractivity contribution is 5.92. The minimum absolute atomic E-state index is 0.00473. The molecule has 0 saturated heterocycles. The molecule has 2 aliphatic rings. The summed E-state index contributed by atoms with van der Waals surface area (Å²) in [6.45, 7) is 4.84. The van der Waals surface area contributed by atoms with Crippen molar-refractivity contribution in [2.24, 2.45) is 18.9 Å². The average molecular weight is 347 g/mol. The first-order chi connectivity index (χ1) is 12.0. The van der Waals surface area contributed by atoms with Crippen molar-refractivity contribution in [2.75, 3.05) is 13.2 Å². The van der Waals surface area contributed by atoms with Gasteiger partial charge in [-0.3, -0.25) is 14.3 Å². The molecule has 2 aliphatic carbocycles. The predicted molar refractivity (Wildman–Crippen MR) is 94.1 cm³/mol. The van der Waals surface area contributed by atoms with Gasteiger partial charge in [-0.2, -0.15) is 5.10 Å². The molecule has 0 aliphatic heterocycles. The summed E-state index contributed by atoms with van der Waals surface area (Å²) in [5.41, 5.74) is 1.49. The third kappa shape index (κ3) is 4.05. The maximum atomic E-state index is 13.1. The van der Waals surface area contributed by atoms with E-state index in [1.165, 1.54) is 19.3 Å². The molecule has 2 atom stereocenters. The minimum atomic E-state index is -0.114. The van der Waals surface area contributed by atoms with Crippen LogP contribution in [-0.4, -0.2) is 45.8 Å². The van der Waals surface area contributed by atoms with Crippen molar-refractivity contribution in [1.82, 2.24) is 14.7 Å². The summed E-state index contributed by atoms with van der Waals surface area (Å²) >= 11 is 0. The Kier molecular flexibility index (Phi) is 5.45. The van der Waals surface area contributed by atoms with Gasteiger partial charge in [-0.15, -0.1) is 0 Å². The normalized spacial score (nSPS) is 23.3. The van der Waals surface area contributed by atoms with Gasteiger partial charge in [0.1, 0.15) is 0 Å². The second kappa shape index (κ2) is 7.58. The molecule has 2 saturated carbocycles.